The molecule has 0 aliphatic carbocycles. The summed E-state index contributed by atoms with van der Waals surface area (Å²) < 4.78 is 5.45. The molecular weight excluding hydrogens is 226 g/mol. The number of likely N-dealkylation sites (N-methyl/N-ethyl adjacent to an activating group) is 1. The molecule has 0 aromatic heterocycles. The number of hydrogen-bond acceptors (Lipinski definition) is 4. The predicted molar refractivity (Wildman–Crippen MR) is 72.0 cm³/mol. The number of hydrogen-bond donors (Lipinski definition) is 1. The van der Waals surface area contributed by atoms with Gasteiger partial charge in [-0.15, -0.1) is 0 Å². The molecule has 3 aliphatic rings. The minimum absolute atomic E-state index is 0.455. The Morgan fingerprint density at radius 1 is 1.28 bits per heavy atom. The number of allylic oxidation sites excluding steroid dienone is 1. The maximum Gasteiger partial charge on any atom is 0.107 e. The number of methoxy groups -OCH3 is 1. The van der Waals surface area contributed by atoms with E-state index < -0.39 is 0 Å². The van der Waals surface area contributed by atoms with Crippen molar-refractivity contribution >= 4 is 0 Å². The lowest BCUT2D eigenvalue weighted by molar-refractivity contribution is 0.0482. The van der Waals surface area contributed by atoms with Crippen LogP contribution in [0, 0.1) is 0 Å². The van der Waals surface area contributed by atoms with Gasteiger partial charge in [0.2, 0.25) is 0 Å². The van der Waals surface area contributed by atoms with Gasteiger partial charge in [0.1, 0.15) is 5.82 Å². The normalized spacial score (nSPS) is 25.1. The summed E-state index contributed by atoms with van der Waals surface area (Å²) in [4.78, 5) is 4.88. The van der Waals surface area contributed by atoms with E-state index in [-0.39, 0.29) is 0 Å². The van der Waals surface area contributed by atoms with Crippen LogP contribution in [-0.2, 0) is 4.74 Å². The van der Waals surface area contributed by atoms with E-state index in [9.17, 15) is 0 Å². The van der Waals surface area contributed by atoms with Gasteiger partial charge in [-0.25, -0.2) is 0 Å². The van der Waals surface area contributed by atoms with Crippen molar-refractivity contribution < 1.29 is 4.74 Å². The fraction of sp³-hybridized carbons (Fsp3) is 0.714. The molecule has 1 N–H and O–H groups in total. The molecule has 100 valence electrons. The lowest BCUT2D eigenvalue weighted by atomic mass is 10.0. The Kier molecular flexibility index (Phi) is 3.20. The summed E-state index contributed by atoms with van der Waals surface area (Å²) in [6.07, 6.45) is 6.23. The fourth-order valence-corrected chi connectivity index (χ4v) is 3.25. The first-order valence-electron chi connectivity index (χ1n) is 6.96. The Bertz CT molecular complexity index is 381. The van der Waals surface area contributed by atoms with Gasteiger partial charge < -0.3 is 19.9 Å². The molecular formula is C14H23N3O. The molecule has 4 nitrogen and oxygen atoms in total. The lowest BCUT2D eigenvalue weighted by Gasteiger charge is -2.37. The summed E-state index contributed by atoms with van der Waals surface area (Å²) in [7, 11) is 4.02. The van der Waals surface area contributed by atoms with Crippen LogP contribution < -0.4 is 5.32 Å². The van der Waals surface area contributed by atoms with E-state index in [2.05, 4.69) is 28.2 Å². The van der Waals surface area contributed by atoms with Crippen molar-refractivity contribution in [2.45, 2.75) is 25.4 Å². The van der Waals surface area contributed by atoms with Crippen LogP contribution in [0.4, 0.5) is 0 Å². The highest BCUT2D eigenvalue weighted by molar-refractivity contribution is 5.40. The van der Waals surface area contributed by atoms with Crippen molar-refractivity contribution in [3.63, 3.8) is 0 Å². The van der Waals surface area contributed by atoms with Gasteiger partial charge in [-0.1, -0.05) is 0 Å². The second kappa shape index (κ2) is 4.84. The van der Waals surface area contributed by atoms with Gasteiger partial charge in [0.15, 0.2) is 0 Å². The molecule has 0 amide bonds. The average Bonchev–Trinajstić information content (AvgIpc) is 2.81. The van der Waals surface area contributed by atoms with Crippen LogP contribution in [0.2, 0.25) is 0 Å². The van der Waals surface area contributed by atoms with E-state index in [1.54, 1.807) is 0 Å². The SMILES string of the molecule is COC1CCN(C2=C3CCN(C)C3=CCN2)CC1. The largest absolute Gasteiger partial charge is 0.381 e. The molecule has 2 saturated heterocycles. The van der Waals surface area contributed by atoms with E-state index in [1.807, 2.05) is 7.11 Å². The van der Waals surface area contributed by atoms with E-state index in [0.29, 0.717) is 6.10 Å². The van der Waals surface area contributed by atoms with E-state index >= 15 is 0 Å². The summed E-state index contributed by atoms with van der Waals surface area (Å²) in [5.74, 6) is 1.38. The van der Waals surface area contributed by atoms with Gasteiger partial charge in [0, 0.05) is 51.6 Å². The van der Waals surface area contributed by atoms with Gasteiger partial charge in [0.25, 0.3) is 0 Å². The molecule has 3 rings (SSSR count). The molecule has 0 bridgehead atoms. The number of likely N-dealkylation sites (tertiary alicyclic amines) is 2. The Morgan fingerprint density at radius 2 is 2.06 bits per heavy atom. The van der Waals surface area contributed by atoms with Gasteiger partial charge in [0.05, 0.1) is 6.10 Å². The molecule has 0 saturated carbocycles. The number of piperidine rings is 1. The number of rotatable bonds is 2. The zero-order valence-corrected chi connectivity index (χ0v) is 11.4. The molecule has 0 unspecified atom stereocenters. The molecule has 3 aliphatic heterocycles. The minimum atomic E-state index is 0.455. The third kappa shape index (κ3) is 1.99. The number of fused-ring (bicyclic) bond motifs is 1. The smallest absolute Gasteiger partial charge is 0.107 e. The van der Waals surface area contributed by atoms with Crippen LogP contribution in [0.15, 0.2) is 23.2 Å². The lowest BCUT2D eigenvalue weighted by Crippen LogP contribution is -2.42. The third-order valence-electron chi connectivity index (χ3n) is 4.36. The third-order valence-corrected chi connectivity index (χ3v) is 4.36. The Morgan fingerprint density at radius 3 is 2.78 bits per heavy atom. The van der Waals surface area contributed by atoms with Crippen LogP contribution >= 0.6 is 0 Å². The Balaban J connectivity index is 1.76. The van der Waals surface area contributed by atoms with Crippen LogP contribution in [0.5, 0.6) is 0 Å². The van der Waals surface area contributed by atoms with Gasteiger partial charge in [-0.05, 0) is 25.3 Å². The summed E-state index contributed by atoms with van der Waals surface area (Å²) in [6.45, 7) is 4.34. The van der Waals surface area contributed by atoms with Crippen molar-refractivity contribution in [1.29, 1.82) is 0 Å². The standard InChI is InChI=1S/C14H23N3O/c1-16-8-6-12-13(16)3-7-15-14(12)17-9-4-11(18-2)5-10-17/h3,11,15H,4-10H2,1-2H3. The van der Waals surface area contributed by atoms with Gasteiger partial charge >= 0.3 is 0 Å². The average molecular weight is 249 g/mol. The molecule has 0 spiro atoms. The van der Waals surface area contributed by atoms with E-state index in [0.717, 1.165) is 39.0 Å². The second-order valence-corrected chi connectivity index (χ2v) is 5.39. The fourth-order valence-electron chi connectivity index (χ4n) is 3.25. The van der Waals surface area contributed by atoms with E-state index in [1.165, 1.54) is 23.5 Å². The van der Waals surface area contributed by atoms with Crippen molar-refractivity contribution in [3.8, 4) is 0 Å². The molecule has 0 atom stereocenters. The van der Waals surface area contributed by atoms with Crippen LogP contribution in [0.1, 0.15) is 19.3 Å². The highest BCUT2D eigenvalue weighted by Gasteiger charge is 2.29. The van der Waals surface area contributed by atoms with Crippen LogP contribution in [0.3, 0.4) is 0 Å². The summed E-state index contributed by atoms with van der Waals surface area (Å²) in [5.41, 5.74) is 2.96. The zero-order chi connectivity index (χ0) is 12.5. The quantitative estimate of drug-likeness (QED) is 0.794. The van der Waals surface area contributed by atoms with Crippen LogP contribution in [-0.4, -0.2) is 56.2 Å². The van der Waals surface area contributed by atoms with Crippen molar-refractivity contribution in [2.75, 3.05) is 40.3 Å². The first kappa shape index (κ1) is 11.9. The molecule has 2 fully saturated rings. The van der Waals surface area contributed by atoms with Crippen molar-refractivity contribution in [1.82, 2.24) is 15.1 Å². The maximum absolute atomic E-state index is 5.45. The Hall–Kier alpha value is -1.16. The predicted octanol–water partition coefficient (Wildman–Crippen LogP) is 1.13. The highest BCUT2D eigenvalue weighted by Crippen LogP contribution is 2.32. The zero-order valence-electron chi connectivity index (χ0n) is 11.4. The second-order valence-electron chi connectivity index (χ2n) is 5.39. The topological polar surface area (TPSA) is 27.7 Å². The number of nitrogens with one attached hydrogen (secondary N) is 1. The summed E-state index contributed by atoms with van der Waals surface area (Å²) in [5, 5.41) is 3.58. The monoisotopic (exact) mass is 249 g/mol. The van der Waals surface area contributed by atoms with E-state index in [4.69, 9.17) is 4.74 Å². The van der Waals surface area contributed by atoms with Crippen molar-refractivity contribution in [2.24, 2.45) is 0 Å². The molecule has 4 heteroatoms. The molecule has 0 aromatic carbocycles. The minimum Gasteiger partial charge on any atom is -0.381 e. The number of ether oxygens (including phenoxy) is 1. The first-order valence-corrected chi connectivity index (χ1v) is 6.96. The summed E-state index contributed by atoms with van der Waals surface area (Å²) in [6, 6.07) is 0. The molecule has 3 heterocycles. The van der Waals surface area contributed by atoms with Gasteiger partial charge in [-0.3, -0.25) is 0 Å². The number of nitrogens with zero attached hydrogens (tertiary/aromatic N) is 2. The first-order chi connectivity index (χ1) is 8.79. The van der Waals surface area contributed by atoms with Crippen molar-refractivity contribution in [3.05, 3.63) is 23.2 Å². The molecule has 0 aromatic rings. The Labute approximate surface area is 109 Å². The molecule has 0 radical (unpaired) electrons. The van der Waals surface area contributed by atoms with Crippen LogP contribution in [0.25, 0.3) is 0 Å². The van der Waals surface area contributed by atoms with Gasteiger partial charge in [-0.2, -0.15) is 0 Å². The summed E-state index contributed by atoms with van der Waals surface area (Å²) >= 11 is 0. The highest BCUT2D eigenvalue weighted by atomic mass is 16.5. The number of dihydropyridines is 1. The molecule has 18 heavy (non-hydrogen) atoms. The maximum atomic E-state index is 5.45.